The molecular formula is C21H21N7O2S. The number of thiocarbonyl (C=S) groups is 1. The van der Waals surface area contributed by atoms with Crippen molar-refractivity contribution < 1.29 is 9.47 Å². The largest absolute Gasteiger partial charge is 0.497 e. The maximum absolute atomic E-state index is 5.28. The highest BCUT2D eigenvalue weighted by Gasteiger charge is 2.09. The Labute approximate surface area is 184 Å². The number of methoxy groups -OCH3 is 2. The van der Waals surface area contributed by atoms with E-state index in [2.05, 4.69) is 30.7 Å². The zero-order valence-electron chi connectivity index (χ0n) is 17.1. The monoisotopic (exact) mass is 435 g/mol. The Hall–Kier alpha value is -3.63. The van der Waals surface area contributed by atoms with Crippen molar-refractivity contribution in [3.05, 3.63) is 60.6 Å². The molecule has 0 aliphatic rings. The number of anilines is 1. The first kappa shape index (κ1) is 20.6. The molecule has 0 amide bonds. The van der Waals surface area contributed by atoms with Gasteiger partial charge in [0.15, 0.2) is 10.8 Å². The molecule has 0 saturated carbocycles. The predicted molar refractivity (Wildman–Crippen MR) is 122 cm³/mol. The molecule has 4 rings (SSSR count). The Morgan fingerprint density at radius 2 is 2.03 bits per heavy atom. The first-order valence-electron chi connectivity index (χ1n) is 9.48. The highest BCUT2D eigenvalue weighted by molar-refractivity contribution is 7.80. The van der Waals surface area contributed by atoms with Gasteiger partial charge in [0.1, 0.15) is 23.8 Å². The SMILES string of the molecule is COCNC(=S)Nc1ccc2ncc(-c3cnn(Cc4cccc(OC)c4)c3)nc2n1. The summed E-state index contributed by atoms with van der Waals surface area (Å²) in [5, 5.41) is 10.8. The van der Waals surface area contributed by atoms with E-state index in [4.69, 9.17) is 21.7 Å². The molecule has 31 heavy (non-hydrogen) atoms. The third kappa shape index (κ3) is 5.11. The molecular weight excluding hydrogens is 414 g/mol. The lowest BCUT2D eigenvalue weighted by molar-refractivity contribution is 0.192. The van der Waals surface area contributed by atoms with Crippen LogP contribution in [0.4, 0.5) is 5.82 Å². The maximum Gasteiger partial charge on any atom is 0.180 e. The minimum atomic E-state index is 0.309. The van der Waals surface area contributed by atoms with Crippen LogP contribution in [0.1, 0.15) is 5.56 Å². The van der Waals surface area contributed by atoms with Gasteiger partial charge in [0.05, 0.1) is 31.7 Å². The summed E-state index contributed by atoms with van der Waals surface area (Å²) in [6, 6.07) is 11.5. The summed E-state index contributed by atoms with van der Waals surface area (Å²) < 4.78 is 12.1. The van der Waals surface area contributed by atoms with Crippen LogP contribution in [0, 0.1) is 0 Å². The van der Waals surface area contributed by atoms with Gasteiger partial charge in [-0.3, -0.25) is 9.67 Å². The topological polar surface area (TPSA) is 99.0 Å². The number of ether oxygens (including phenoxy) is 2. The van der Waals surface area contributed by atoms with Crippen molar-refractivity contribution in [2.45, 2.75) is 6.54 Å². The average molecular weight is 436 g/mol. The van der Waals surface area contributed by atoms with Crippen molar-refractivity contribution in [2.24, 2.45) is 0 Å². The lowest BCUT2D eigenvalue weighted by Gasteiger charge is -2.09. The molecule has 0 bridgehead atoms. The zero-order valence-corrected chi connectivity index (χ0v) is 17.9. The second-order valence-electron chi connectivity index (χ2n) is 6.64. The molecule has 0 unspecified atom stereocenters. The summed E-state index contributed by atoms with van der Waals surface area (Å²) in [4.78, 5) is 13.6. The summed E-state index contributed by atoms with van der Waals surface area (Å²) in [6.07, 6.45) is 5.41. The van der Waals surface area contributed by atoms with Crippen LogP contribution in [0.5, 0.6) is 5.75 Å². The van der Waals surface area contributed by atoms with Crippen molar-refractivity contribution in [1.82, 2.24) is 30.0 Å². The first-order valence-corrected chi connectivity index (χ1v) is 9.89. The number of hydrogen-bond acceptors (Lipinski definition) is 7. The van der Waals surface area contributed by atoms with Gasteiger partial charge in [-0.1, -0.05) is 12.1 Å². The third-order valence-electron chi connectivity index (χ3n) is 4.43. The highest BCUT2D eigenvalue weighted by Crippen LogP contribution is 2.20. The third-order valence-corrected chi connectivity index (χ3v) is 4.68. The minimum absolute atomic E-state index is 0.309. The van der Waals surface area contributed by atoms with Crippen LogP contribution in [0.3, 0.4) is 0 Å². The summed E-state index contributed by atoms with van der Waals surface area (Å²) in [5.74, 6) is 1.39. The Kier molecular flexibility index (Phi) is 6.29. The number of nitrogens with zero attached hydrogens (tertiary/aromatic N) is 5. The van der Waals surface area contributed by atoms with Crippen LogP contribution in [0.2, 0.25) is 0 Å². The fraction of sp³-hybridized carbons (Fsp3) is 0.190. The molecule has 0 radical (unpaired) electrons. The van der Waals surface area contributed by atoms with E-state index >= 15 is 0 Å². The lowest BCUT2D eigenvalue weighted by atomic mass is 10.2. The van der Waals surface area contributed by atoms with Gasteiger partial charge in [-0.25, -0.2) is 9.97 Å². The number of nitrogens with one attached hydrogen (secondary N) is 2. The van der Waals surface area contributed by atoms with E-state index < -0.39 is 0 Å². The minimum Gasteiger partial charge on any atom is -0.497 e. The second-order valence-corrected chi connectivity index (χ2v) is 7.04. The first-order chi connectivity index (χ1) is 15.1. The Bertz CT molecular complexity index is 1210. The standard InChI is InChI=1S/C21H21N7O2S/c1-29-13-23-21(31)27-19-7-6-17-20(26-19)25-18(10-22-17)15-9-24-28(12-15)11-14-4-3-5-16(8-14)30-2/h3-10,12H,11,13H2,1-2H3,(H2,23,25,26,27,31). The molecule has 3 heterocycles. The predicted octanol–water partition coefficient (Wildman–Crippen LogP) is 2.84. The van der Waals surface area contributed by atoms with E-state index in [0.717, 1.165) is 16.9 Å². The van der Waals surface area contributed by atoms with Crippen LogP contribution in [-0.2, 0) is 11.3 Å². The van der Waals surface area contributed by atoms with Crippen molar-refractivity contribution >= 4 is 34.3 Å². The van der Waals surface area contributed by atoms with Crippen molar-refractivity contribution in [3.8, 4) is 17.0 Å². The summed E-state index contributed by atoms with van der Waals surface area (Å²) >= 11 is 5.20. The Morgan fingerprint density at radius 1 is 1.13 bits per heavy atom. The number of pyridine rings is 1. The van der Waals surface area contributed by atoms with Gasteiger partial charge in [-0.05, 0) is 42.0 Å². The molecule has 2 N–H and O–H groups in total. The molecule has 158 valence electrons. The number of hydrogen-bond donors (Lipinski definition) is 2. The molecule has 0 atom stereocenters. The van der Waals surface area contributed by atoms with Crippen LogP contribution < -0.4 is 15.4 Å². The van der Waals surface area contributed by atoms with E-state index in [-0.39, 0.29) is 0 Å². The lowest BCUT2D eigenvalue weighted by Crippen LogP contribution is -2.30. The van der Waals surface area contributed by atoms with E-state index in [0.29, 0.717) is 41.1 Å². The van der Waals surface area contributed by atoms with Gasteiger partial charge >= 0.3 is 0 Å². The van der Waals surface area contributed by atoms with E-state index in [1.807, 2.05) is 41.2 Å². The summed E-state index contributed by atoms with van der Waals surface area (Å²) in [6.45, 7) is 0.930. The molecule has 1 aromatic carbocycles. The number of fused-ring (bicyclic) bond motifs is 1. The molecule has 0 saturated heterocycles. The van der Waals surface area contributed by atoms with Crippen LogP contribution >= 0.6 is 12.2 Å². The summed E-state index contributed by atoms with van der Waals surface area (Å²) in [5.41, 5.74) is 3.84. The van der Waals surface area contributed by atoms with E-state index in [9.17, 15) is 0 Å². The van der Waals surface area contributed by atoms with Crippen LogP contribution in [0.25, 0.3) is 22.4 Å². The molecule has 0 spiro atoms. The zero-order chi connectivity index (χ0) is 21.6. The van der Waals surface area contributed by atoms with Gasteiger partial charge in [-0.2, -0.15) is 5.10 Å². The van der Waals surface area contributed by atoms with Crippen molar-refractivity contribution in [2.75, 3.05) is 26.3 Å². The Balaban J connectivity index is 1.53. The van der Waals surface area contributed by atoms with E-state index in [1.165, 1.54) is 0 Å². The second kappa shape index (κ2) is 9.45. The van der Waals surface area contributed by atoms with Crippen LogP contribution in [-0.4, -0.2) is 50.8 Å². The highest BCUT2D eigenvalue weighted by atomic mass is 32.1. The van der Waals surface area contributed by atoms with Gasteiger partial charge in [-0.15, -0.1) is 0 Å². The number of rotatable bonds is 7. The van der Waals surface area contributed by atoms with Gasteiger partial charge in [0, 0.05) is 18.9 Å². The number of benzene rings is 1. The van der Waals surface area contributed by atoms with Gasteiger partial charge < -0.3 is 20.1 Å². The molecule has 3 aromatic heterocycles. The average Bonchev–Trinajstić information content (AvgIpc) is 3.25. The smallest absolute Gasteiger partial charge is 0.180 e. The number of aromatic nitrogens is 5. The normalized spacial score (nSPS) is 10.8. The van der Waals surface area contributed by atoms with Crippen molar-refractivity contribution in [1.29, 1.82) is 0 Å². The fourth-order valence-corrected chi connectivity index (χ4v) is 3.11. The maximum atomic E-state index is 5.28. The molecule has 0 aliphatic heterocycles. The van der Waals surface area contributed by atoms with E-state index in [1.54, 1.807) is 32.7 Å². The summed E-state index contributed by atoms with van der Waals surface area (Å²) in [7, 11) is 3.24. The molecule has 0 aliphatic carbocycles. The quantitative estimate of drug-likeness (QED) is 0.335. The fourth-order valence-electron chi connectivity index (χ4n) is 2.94. The van der Waals surface area contributed by atoms with Gasteiger partial charge in [0.25, 0.3) is 0 Å². The van der Waals surface area contributed by atoms with Crippen molar-refractivity contribution in [3.63, 3.8) is 0 Å². The molecule has 0 fully saturated rings. The Morgan fingerprint density at radius 3 is 2.87 bits per heavy atom. The molecule has 9 nitrogen and oxygen atoms in total. The molecule has 4 aromatic rings. The van der Waals surface area contributed by atoms with Crippen LogP contribution in [0.15, 0.2) is 55.0 Å². The molecule has 10 heteroatoms. The van der Waals surface area contributed by atoms with Gasteiger partial charge in [0.2, 0.25) is 0 Å².